The second kappa shape index (κ2) is 7.50. The van der Waals surface area contributed by atoms with Crippen molar-refractivity contribution in [3.05, 3.63) is 82.8 Å². The summed E-state index contributed by atoms with van der Waals surface area (Å²) in [4.78, 5) is 24.0. The van der Waals surface area contributed by atoms with Crippen molar-refractivity contribution in [3.63, 3.8) is 0 Å². The van der Waals surface area contributed by atoms with E-state index in [1.54, 1.807) is 10.6 Å². The molecule has 0 N–H and O–H groups in total. The molecule has 0 aliphatic heterocycles. The van der Waals surface area contributed by atoms with Crippen LogP contribution in [0.15, 0.2) is 75.9 Å². The summed E-state index contributed by atoms with van der Waals surface area (Å²) in [6.45, 7) is 0.661. The number of oxazole rings is 1. The molecule has 1 heterocycles. The average molecular weight is 361 g/mol. The van der Waals surface area contributed by atoms with Crippen LogP contribution in [-0.4, -0.2) is 10.5 Å². The van der Waals surface area contributed by atoms with Gasteiger partial charge in [0.05, 0.1) is 5.52 Å². The monoisotopic (exact) mass is 361 g/mol. The van der Waals surface area contributed by atoms with Crippen molar-refractivity contribution >= 4 is 27.8 Å². The average Bonchev–Trinajstić information content (AvgIpc) is 3.02. The summed E-state index contributed by atoms with van der Waals surface area (Å²) in [5.74, 6) is -0.677. The molecule has 0 saturated heterocycles. The van der Waals surface area contributed by atoms with E-state index in [-0.39, 0.29) is 19.0 Å². The molecule has 0 spiro atoms. The Bertz CT molecular complexity index is 1150. The molecule has 0 saturated carbocycles. The third kappa shape index (κ3) is 3.62. The van der Waals surface area contributed by atoms with E-state index in [2.05, 4.69) is 0 Å². The zero-order valence-corrected chi connectivity index (χ0v) is 14.8. The van der Waals surface area contributed by atoms with Gasteiger partial charge >= 0.3 is 11.7 Å². The smallest absolute Gasteiger partial charge is 0.419 e. The van der Waals surface area contributed by atoms with E-state index in [9.17, 15) is 9.59 Å². The van der Waals surface area contributed by atoms with Gasteiger partial charge in [-0.3, -0.25) is 9.36 Å². The molecular formula is C22H19NO4. The molecule has 0 bridgehead atoms. The Morgan fingerprint density at radius 1 is 0.963 bits per heavy atom. The zero-order valence-electron chi connectivity index (χ0n) is 14.8. The fourth-order valence-corrected chi connectivity index (χ4v) is 3.26. The first-order chi connectivity index (χ1) is 13.2. The topological polar surface area (TPSA) is 61.4 Å². The van der Waals surface area contributed by atoms with E-state index in [0.717, 1.165) is 21.9 Å². The first kappa shape index (κ1) is 17.1. The van der Waals surface area contributed by atoms with Crippen molar-refractivity contribution in [1.82, 2.24) is 4.57 Å². The van der Waals surface area contributed by atoms with Gasteiger partial charge < -0.3 is 9.15 Å². The van der Waals surface area contributed by atoms with Gasteiger partial charge in [-0.15, -0.1) is 0 Å². The van der Waals surface area contributed by atoms with Crippen molar-refractivity contribution in [2.75, 3.05) is 0 Å². The number of carbonyl (C=O) groups is 1. The van der Waals surface area contributed by atoms with Crippen LogP contribution in [0.5, 0.6) is 0 Å². The van der Waals surface area contributed by atoms with Gasteiger partial charge in [-0.1, -0.05) is 54.6 Å². The number of esters is 1. The highest BCUT2D eigenvalue weighted by Crippen LogP contribution is 2.19. The molecule has 27 heavy (non-hydrogen) atoms. The third-order valence-electron chi connectivity index (χ3n) is 4.60. The van der Waals surface area contributed by atoms with Gasteiger partial charge in [-0.25, -0.2) is 4.79 Å². The summed E-state index contributed by atoms with van der Waals surface area (Å²) in [6, 6.07) is 21.2. The van der Waals surface area contributed by atoms with E-state index < -0.39 is 5.76 Å². The van der Waals surface area contributed by atoms with Crippen LogP contribution in [0.4, 0.5) is 0 Å². The summed E-state index contributed by atoms with van der Waals surface area (Å²) in [6.07, 6.45) is 0.758. The lowest BCUT2D eigenvalue weighted by Crippen LogP contribution is -2.15. The lowest BCUT2D eigenvalue weighted by Gasteiger charge is -2.08. The van der Waals surface area contributed by atoms with Gasteiger partial charge in [0, 0.05) is 13.0 Å². The van der Waals surface area contributed by atoms with Gasteiger partial charge in [0.2, 0.25) is 0 Å². The normalized spacial score (nSPS) is 11.1. The van der Waals surface area contributed by atoms with Crippen molar-refractivity contribution in [2.45, 2.75) is 26.0 Å². The number of hydrogen-bond donors (Lipinski definition) is 0. The molecule has 3 aromatic carbocycles. The van der Waals surface area contributed by atoms with Crippen LogP contribution in [0.3, 0.4) is 0 Å². The summed E-state index contributed by atoms with van der Waals surface area (Å²) in [5, 5.41) is 2.21. The number of aryl methyl sites for hydroxylation is 1. The summed E-state index contributed by atoms with van der Waals surface area (Å²) in [5.41, 5.74) is 2.28. The number of aromatic nitrogens is 1. The first-order valence-corrected chi connectivity index (χ1v) is 8.93. The van der Waals surface area contributed by atoms with Crippen molar-refractivity contribution in [2.24, 2.45) is 0 Å². The molecule has 1 aromatic heterocycles. The molecule has 4 aromatic rings. The Balaban J connectivity index is 1.35. The Hall–Kier alpha value is -3.34. The van der Waals surface area contributed by atoms with Crippen LogP contribution in [-0.2, 0) is 22.7 Å². The quantitative estimate of drug-likeness (QED) is 0.481. The minimum absolute atomic E-state index is 0.245. The number of fused-ring (bicyclic) bond motifs is 2. The summed E-state index contributed by atoms with van der Waals surface area (Å²) >= 11 is 0. The van der Waals surface area contributed by atoms with Crippen LogP contribution in [0.25, 0.3) is 21.9 Å². The second-order valence-electron chi connectivity index (χ2n) is 6.39. The van der Waals surface area contributed by atoms with Crippen molar-refractivity contribution < 1.29 is 13.9 Å². The van der Waals surface area contributed by atoms with Gasteiger partial charge in [0.25, 0.3) is 0 Å². The zero-order chi connectivity index (χ0) is 18.6. The standard InChI is InChI=1S/C22H19NO4/c24-21(26-15-17-9-5-8-16-7-1-2-10-18(16)17)13-6-14-23-19-11-3-4-12-20(19)27-22(23)25/h1-5,7-12H,6,13-15H2. The molecule has 0 amide bonds. The predicted molar refractivity (Wildman–Crippen MR) is 103 cm³/mol. The highest BCUT2D eigenvalue weighted by Gasteiger charge is 2.10. The molecule has 136 valence electrons. The van der Waals surface area contributed by atoms with E-state index >= 15 is 0 Å². The maximum atomic E-state index is 12.1. The summed E-state index contributed by atoms with van der Waals surface area (Å²) < 4.78 is 12.2. The summed E-state index contributed by atoms with van der Waals surface area (Å²) in [7, 11) is 0. The van der Waals surface area contributed by atoms with Crippen LogP contribution >= 0.6 is 0 Å². The Kier molecular flexibility index (Phi) is 4.75. The minimum atomic E-state index is -0.402. The largest absolute Gasteiger partial charge is 0.461 e. The van der Waals surface area contributed by atoms with E-state index in [1.807, 2.05) is 60.7 Å². The van der Waals surface area contributed by atoms with Crippen molar-refractivity contribution in [3.8, 4) is 0 Å². The van der Waals surface area contributed by atoms with Crippen LogP contribution < -0.4 is 5.76 Å². The molecule has 5 nitrogen and oxygen atoms in total. The van der Waals surface area contributed by atoms with Crippen LogP contribution in [0, 0.1) is 0 Å². The number of carbonyl (C=O) groups excluding carboxylic acids is 1. The fraction of sp³-hybridized carbons (Fsp3) is 0.182. The number of para-hydroxylation sites is 2. The molecular weight excluding hydrogens is 342 g/mol. The Morgan fingerprint density at radius 2 is 1.74 bits per heavy atom. The molecule has 0 atom stereocenters. The van der Waals surface area contributed by atoms with E-state index in [1.165, 1.54) is 0 Å². The third-order valence-corrected chi connectivity index (χ3v) is 4.60. The minimum Gasteiger partial charge on any atom is -0.461 e. The van der Waals surface area contributed by atoms with E-state index in [4.69, 9.17) is 9.15 Å². The predicted octanol–water partition coefficient (Wildman–Crippen LogP) is 4.27. The molecule has 0 aliphatic carbocycles. The lowest BCUT2D eigenvalue weighted by atomic mass is 10.1. The van der Waals surface area contributed by atoms with Crippen LogP contribution in [0.2, 0.25) is 0 Å². The molecule has 4 rings (SSSR count). The lowest BCUT2D eigenvalue weighted by molar-refractivity contribution is -0.145. The number of hydrogen-bond acceptors (Lipinski definition) is 4. The van der Waals surface area contributed by atoms with E-state index in [0.29, 0.717) is 18.5 Å². The Morgan fingerprint density at radius 3 is 2.67 bits per heavy atom. The molecule has 0 fully saturated rings. The van der Waals surface area contributed by atoms with Gasteiger partial charge in [0.1, 0.15) is 6.61 Å². The highest BCUT2D eigenvalue weighted by molar-refractivity contribution is 5.85. The van der Waals surface area contributed by atoms with Gasteiger partial charge in [-0.05, 0) is 34.9 Å². The maximum Gasteiger partial charge on any atom is 0.419 e. The number of ether oxygens (including phenoxy) is 1. The number of rotatable bonds is 6. The number of benzene rings is 3. The molecule has 0 aliphatic rings. The number of nitrogens with zero attached hydrogens (tertiary/aromatic N) is 1. The van der Waals surface area contributed by atoms with Gasteiger partial charge in [0.15, 0.2) is 5.58 Å². The second-order valence-corrected chi connectivity index (χ2v) is 6.39. The molecule has 5 heteroatoms. The maximum absolute atomic E-state index is 12.1. The Labute approximate surface area is 155 Å². The SMILES string of the molecule is O=C(CCCn1c(=O)oc2ccccc21)OCc1cccc2ccccc12. The van der Waals surface area contributed by atoms with Crippen LogP contribution in [0.1, 0.15) is 18.4 Å². The molecule has 0 radical (unpaired) electrons. The van der Waals surface area contributed by atoms with Gasteiger partial charge in [-0.2, -0.15) is 0 Å². The molecule has 0 unspecified atom stereocenters. The highest BCUT2D eigenvalue weighted by atomic mass is 16.5. The fourth-order valence-electron chi connectivity index (χ4n) is 3.26. The first-order valence-electron chi connectivity index (χ1n) is 8.93. The van der Waals surface area contributed by atoms with Crippen molar-refractivity contribution in [1.29, 1.82) is 0 Å².